The minimum absolute atomic E-state index is 0.189. The van der Waals surface area contributed by atoms with Gasteiger partial charge < -0.3 is 4.57 Å². The van der Waals surface area contributed by atoms with E-state index in [1.165, 1.54) is 11.1 Å². The monoisotopic (exact) mass is 267 g/mol. The van der Waals surface area contributed by atoms with Gasteiger partial charge in [0.05, 0.1) is 12.0 Å². The molecule has 0 N–H and O–H groups in total. The van der Waals surface area contributed by atoms with Crippen LogP contribution >= 0.6 is 0 Å². The van der Waals surface area contributed by atoms with Crippen molar-refractivity contribution in [3.8, 4) is 6.07 Å². The number of hydrogen-bond acceptors (Lipinski definition) is 2. The molecule has 0 aliphatic heterocycles. The molecule has 0 atom stereocenters. The number of rotatable bonds is 3. The summed E-state index contributed by atoms with van der Waals surface area (Å²) in [7, 11) is 1.94. The minimum Gasteiger partial charge on any atom is -0.336 e. The van der Waals surface area contributed by atoms with Crippen LogP contribution in [0.5, 0.6) is 0 Å². The molecular weight excluding hydrogens is 246 g/mol. The van der Waals surface area contributed by atoms with Gasteiger partial charge in [0, 0.05) is 7.05 Å². The van der Waals surface area contributed by atoms with Crippen molar-refractivity contribution in [2.24, 2.45) is 7.05 Å². The van der Waals surface area contributed by atoms with E-state index in [1.54, 1.807) is 6.33 Å². The highest BCUT2D eigenvalue weighted by atomic mass is 15.0. The third kappa shape index (κ3) is 3.08. The van der Waals surface area contributed by atoms with E-state index < -0.39 is 0 Å². The maximum atomic E-state index is 9.03. The van der Waals surface area contributed by atoms with Crippen molar-refractivity contribution in [3.05, 3.63) is 53.1 Å². The fourth-order valence-corrected chi connectivity index (χ4v) is 2.28. The fraction of sp³-hybridized carbons (Fsp3) is 0.412. The lowest BCUT2D eigenvalue weighted by atomic mass is 9.86. The lowest BCUT2D eigenvalue weighted by Gasteiger charge is -2.19. The standard InChI is InChI=1S/C17H21N3/c1-17(2,3)14-8-5-13(6-9-14)7-10-16-15(11-18)19-12-20(16)4/h5-6,8-9,12H,7,10H2,1-4H3. The molecule has 0 radical (unpaired) electrons. The summed E-state index contributed by atoms with van der Waals surface area (Å²) in [6.07, 6.45) is 3.48. The Bertz CT molecular complexity index is 622. The van der Waals surface area contributed by atoms with Crippen LogP contribution in [0, 0.1) is 11.3 Å². The molecule has 1 aromatic heterocycles. The van der Waals surface area contributed by atoms with Crippen LogP contribution in [-0.4, -0.2) is 9.55 Å². The molecule has 0 fully saturated rings. The Hall–Kier alpha value is -2.08. The quantitative estimate of drug-likeness (QED) is 0.855. The highest BCUT2D eigenvalue weighted by molar-refractivity contribution is 5.30. The topological polar surface area (TPSA) is 41.6 Å². The van der Waals surface area contributed by atoms with Gasteiger partial charge in [0.15, 0.2) is 5.69 Å². The van der Waals surface area contributed by atoms with Crippen LogP contribution in [0.1, 0.15) is 43.3 Å². The largest absolute Gasteiger partial charge is 0.336 e. The summed E-state index contributed by atoms with van der Waals surface area (Å²) in [6.45, 7) is 6.66. The molecule has 2 rings (SSSR count). The molecule has 0 aliphatic rings. The third-order valence-electron chi connectivity index (χ3n) is 3.64. The molecule has 104 valence electrons. The molecule has 0 bridgehead atoms. The van der Waals surface area contributed by atoms with Crippen molar-refractivity contribution in [2.45, 2.75) is 39.0 Å². The molecule has 0 saturated carbocycles. The summed E-state index contributed by atoms with van der Waals surface area (Å²) in [4.78, 5) is 4.09. The summed E-state index contributed by atoms with van der Waals surface area (Å²) >= 11 is 0. The molecule has 1 aromatic carbocycles. The molecule has 1 heterocycles. The summed E-state index contributed by atoms with van der Waals surface area (Å²) in [5, 5.41) is 9.03. The normalized spacial score (nSPS) is 11.3. The van der Waals surface area contributed by atoms with Crippen molar-refractivity contribution in [2.75, 3.05) is 0 Å². The molecule has 20 heavy (non-hydrogen) atoms. The number of imidazole rings is 1. The van der Waals surface area contributed by atoms with Gasteiger partial charge in [0.2, 0.25) is 0 Å². The first-order valence-electron chi connectivity index (χ1n) is 6.91. The average molecular weight is 267 g/mol. The molecule has 2 aromatic rings. The highest BCUT2D eigenvalue weighted by Crippen LogP contribution is 2.22. The molecule has 3 nitrogen and oxygen atoms in total. The van der Waals surface area contributed by atoms with Crippen LogP contribution in [0.2, 0.25) is 0 Å². The Kier molecular flexibility index (Phi) is 3.94. The lowest BCUT2D eigenvalue weighted by Crippen LogP contribution is -2.10. The molecule has 0 aliphatic carbocycles. The number of benzene rings is 1. The minimum atomic E-state index is 0.189. The van der Waals surface area contributed by atoms with Gasteiger partial charge in [-0.1, -0.05) is 45.0 Å². The summed E-state index contributed by atoms with van der Waals surface area (Å²) in [6, 6.07) is 10.9. The molecule has 0 amide bonds. The van der Waals surface area contributed by atoms with Crippen LogP contribution in [0.3, 0.4) is 0 Å². The van der Waals surface area contributed by atoms with Gasteiger partial charge in [-0.3, -0.25) is 0 Å². The summed E-state index contributed by atoms with van der Waals surface area (Å²) < 4.78 is 1.93. The van der Waals surface area contributed by atoms with E-state index in [2.05, 4.69) is 56.1 Å². The van der Waals surface area contributed by atoms with E-state index in [-0.39, 0.29) is 5.41 Å². The first kappa shape index (κ1) is 14.3. The lowest BCUT2D eigenvalue weighted by molar-refractivity contribution is 0.590. The Balaban J connectivity index is 2.08. The number of aryl methyl sites for hydroxylation is 2. The molecular formula is C17H21N3. The van der Waals surface area contributed by atoms with Crippen LogP contribution in [0.25, 0.3) is 0 Å². The zero-order valence-corrected chi connectivity index (χ0v) is 12.6. The second kappa shape index (κ2) is 5.50. The number of nitrogens with zero attached hydrogens (tertiary/aromatic N) is 3. The van der Waals surface area contributed by atoms with Crippen molar-refractivity contribution >= 4 is 0 Å². The second-order valence-electron chi connectivity index (χ2n) is 6.21. The van der Waals surface area contributed by atoms with E-state index >= 15 is 0 Å². The van der Waals surface area contributed by atoms with Crippen LogP contribution in [-0.2, 0) is 25.3 Å². The van der Waals surface area contributed by atoms with Gasteiger partial charge in [-0.15, -0.1) is 0 Å². The van der Waals surface area contributed by atoms with Gasteiger partial charge in [-0.25, -0.2) is 4.98 Å². The highest BCUT2D eigenvalue weighted by Gasteiger charge is 2.13. The molecule has 0 saturated heterocycles. The predicted molar refractivity (Wildman–Crippen MR) is 80.5 cm³/mol. The predicted octanol–water partition coefficient (Wildman–Crippen LogP) is 3.37. The maximum Gasteiger partial charge on any atom is 0.161 e. The van der Waals surface area contributed by atoms with E-state index in [1.807, 2.05) is 11.6 Å². The summed E-state index contributed by atoms with van der Waals surface area (Å²) in [5.41, 5.74) is 4.38. The van der Waals surface area contributed by atoms with E-state index in [4.69, 9.17) is 5.26 Å². The Labute approximate surface area is 120 Å². The van der Waals surface area contributed by atoms with Gasteiger partial charge in [-0.2, -0.15) is 5.26 Å². The second-order valence-corrected chi connectivity index (χ2v) is 6.21. The number of nitriles is 1. The maximum absolute atomic E-state index is 9.03. The molecule has 3 heteroatoms. The Morgan fingerprint density at radius 1 is 1.15 bits per heavy atom. The number of aromatic nitrogens is 2. The SMILES string of the molecule is Cn1cnc(C#N)c1CCc1ccc(C(C)(C)C)cc1. The van der Waals surface area contributed by atoms with E-state index in [0.717, 1.165) is 18.5 Å². The van der Waals surface area contributed by atoms with E-state index in [0.29, 0.717) is 5.69 Å². The zero-order chi connectivity index (χ0) is 14.8. The van der Waals surface area contributed by atoms with Crippen LogP contribution in [0.15, 0.2) is 30.6 Å². The smallest absolute Gasteiger partial charge is 0.161 e. The van der Waals surface area contributed by atoms with Crippen molar-refractivity contribution < 1.29 is 0 Å². The van der Waals surface area contributed by atoms with E-state index in [9.17, 15) is 0 Å². The fourth-order valence-electron chi connectivity index (χ4n) is 2.28. The Morgan fingerprint density at radius 2 is 1.80 bits per heavy atom. The van der Waals surface area contributed by atoms with Gasteiger partial charge in [-0.05, 0) is 29.4 Å². The van der Waals surface area contributed by atoms with Crippen molar-refractivity contribution in [1.82, 2.24) is 9.55 Å². The van der Waals surface area contributed by atoms with Gasteiger partial charge >= 0.3 is 0 Å². The van der Waals surface area contributed by atoms with Gasteiger partial charge in [0.1, 0.15) is 6.07 Å². The number of hydrogen-bond donors (Lipinski definition) is 0. The first-order valence-corrected chi connectivity index (χ1v) is 6.91. The molecule has 0 unspecified atom stereocenters. The van der Waals surface area contributed by atoms with Crippen LogP contribution in [0.4, 0.5) is 0 Å². The zero-order valence-electron chi connectivity index (χ0n) is 12.6. The van der Waals surface area contributed by atoms with Crippen molar-refractivity contribution in [1.29, 1.82) is 5.26 Å². The third-order valence-corrected chi connectivity index (χ3v) is 3.64. The van der Waals surface area contributed by atoms with Crippen molar-refractivity contribution in [3.63, 3.8) is 0 Å². The van der Waals surface area contributed by atoms with Gasteiger partial charge in [0.25, 0.3) is 0 Å². The first-order chi connectivity index (χ1) is 9.41. The van der Waals surface area contributed by atoms with Crippen LogP contribution < -0.4 is 0 Å². The Morgan fingerprint density at radius 3 is 2.35 bits per heavy atom. The summed E-state index contributed by atoms with van der Waals surface area (Å²) in [5.74, 6) is 0. The molecule has 0 spiro atoms. The average Bonchev–Trinajstić information content (AvgIpc) is 2.76.